The van der Waals surface area contributed by atoms with Crippen LogP contribution in [-0.2, 0) is 6.54 Å². The molecule has 0 aliphatic carbocycles. The number of likely N-dealkylation sites (tertiary alicyclic amines) is 1. The predicted octanol–water partition coefficient (Wildman–Crippen LogP) is 5.37. The second-order valence-electron chi connectivity index (χ2n) is 9.31. The topological polar surface area (TPSA) is 37.3 Å². The molecule has 0 saturated carbocycles. The van der Waals surface area contributed by atoms with E-state index in [0.717, 1.165) is 67.2 Å². The molecule has 3 aliphatic heterocycles. The maximum atomic E-state index is 13.5. The van der Waals surface area contributed by atoms with Gasteiger partial charge in [0.05, 0.1) is 18.9 Å². The molecule has 1 atom stereocenters. The van der Waals surface area contributed by atoms with Crippen molar-refractivity contribution in [3.05, 3.63) is 95.3 Å². The zero-order valence-electron chi connectivity index (χ0n) is 19.3. The van der Waals surface area contributed by atoms with Gasteiger partial charge in [-0.25, -0.2) is 9.40 Å². The maximum Gasteiger partial charge on any atom is 0.200 e. The first-order valence-corrected chi connectivity index (χ1v) is 11.9. The summed E-state index contributed by atoms with van der Waals surface area (Å²) < 4.78 is 26.0. The Labute approximate surface area is 199 Å². The number of hydrogen-bond donors (Lipinski definition) is 0. The van der Waals surface area contributed by atoms with Crippen molar-refractivity contribution in [3.8, 4) is 11.5 Å². The molecule has 5 nitrogen and oxygen atoms in total. The molecule has 0 bridgehead atoms. The molecule has 3 aromatic rings. The summed E-state index contributed by atoms with van der Waals surface area (Å²) in [7, 11) is 1.69. The second kappa shape index (κ2) is 8.44. The molecule has 1 fully saturated rings. The van der Waals surface area contributed by atoms with Gasteiger partial charge >= 0.3 is 0 Å². The van der Waals surface area contributed by atoms with Crippen LogP contribution in [-0.4, -0.2) is 41.5 Å². The molecule has 0 radical (unpaired) electrons. The monoisotopic (exact) mass is 457 g/mol. The number of fused-ring (bicyclic) bond motifs is 4. The van der Waals surface area contributed by atoms with Crippen LogP contribution in [0.4, 0.5) is 4.39 Å². The normalized spacial score (nSPS) is 20.9. The summed E-state index contributed by atoms with van der Waals surface area (Å²) in [5.41, 5.74) is 3.82. The van der Waals surface area contributed by atoms with Crippen molar-refractivity contribution in [2.75, 3.05) is 20.2 Å². The van der Waals surface area contributed by atoms with Crippen LogP contribution in [0.5, 0.6) is 11.5 Å². The van der Waals surface area contributed by atoms with Gasteiger partial charge in [0.25, 0.3) is 0 Å². The van der Waals surface area contributed by atoms with E-state index in [9.17, 15) is 4.39 Å². The third kappa shape index (κ3) is 3.62. The van der Waals surface area contributed by atoms with Crippen LogP contribution in [0, 0.1) is 5.82 Å². The van der Waals surface area contributed by atoms with Crippen LogP contribution in [0.2, 0.25) is 0 Å². The molecule has 174 valence electrons. The lowest BCUT2D eigenvalue weighted by Gasteiger charge is -2.51. The van der Waals surface area contributed by atoms with Crippen molar-refractivity contribution in [3.63, 3.8) is 0 Å². The summed E-state index contributed by atoms with van der Waals surface area (Å²) in [5, 5.41) is 7.28. The summed E-state index contributed by atoms with van der Waals surface area (Å²) in [6, 6.07) is 23.4. The van der Waals surface area contributed by atoms with E-state index in [0.29, 0.717) is 0 Å². The van der Waals surface area contributed by atoms with Gasteiger partial charge in [-0.15, -0.1) is 0 Å². The van der Waals surface area contributed by atoms with Gasteiger partial charge in [0.15, 0.2) is 11.5 Å². The highest BCUT2D eigenvalue weighted by Crippen LogP contribution is 2.52. The summed E-state index contributed by atoms with van der Waals surface area (Å²) in [6.07, 6.45) is 2.44. The largest absolute Gasteiger partial charge is 0.493 e. The van der Waals surface area contributed by atoms with Crippen molar-refractivity contribution in [1.82, 2.24) is 9.91 Å². The molecule has 0 N–H and O–H groups in total. The number of halogens is 1. The minimum atomic E-state index is -0.527. The van der Waals surface area contributed by atoms with Gasteiger partial charge in [0, 0.05) is 44.5 Å². The number of methoxy groups -OCH3 is 1. The lowest BCUT2D eigenvalue weighted by atomic mass is 9.90. The molecule has 6 heteroatoms. The fourth-order valence-electron chi connectivity index (χ4n) is 5.48. The second-order valence-corrected chi connectivity index (χ2v) is 9.31. The summed E-state index contributed by atoms with van der Waals surface area (Å²) in [4.78, 5) is 2.48. The molecule has 0 aromatic heterocycles. The number of hydrazone groups is 1. The van der Waals surface area contributed by atoms with Crippen molar-refractivity contribution < 1.29 is 13.9 Å². The van der Waals surface area contributed by atoms with Crippen LogP contribution in [0.25, 0.3) is 0 Å². The molecular formula is C28H28FN3O2. The van der Waals surface area contributed by atoms with Gasteiger partial charge in [0.2, 0.25) is 5.72 Å². The van der Waals surface area contributed by atoms with Gasteiger partial charge in [0.1, 0.15) is 5.82 Å². The molecule has 0 amide bonds. The van der Waals surface area contributed by atoms with E-state index in [1.54, 1.807) is 7.11 Å². The van der Waals surface area contributed by atoms with Gasteiger partial charge in [-0.05, 0) is 29.3 Å². The van der Waals surface area contributed by atoms with Crippen LogP contribution >= 0.6 is 0 Å². The average molecular weight is 458 g/mol. The third-order valence-electron chi connectivity index (χ3n) is 7.27. The quantitative estimate of drug-likeness (QED) is 0.528. The highest BCUT2D eigenvalue weighted by molar-refractivity contribution is 6.02. The zero-order valence-corrected chi connectivity index (χ0v) is 19.3. The average Bonchev–Trinajstić information content (AvgIpc) is 3.33. The fourth-order valence-corrected chi connectivity index (χ4v) is 5.48. The van der Waals surface area contributed by atoms with Crippen molar-refractivity contribution in [1.29, 1.82) is 0 Å². The van der Waals surface area contributed by atoms with Crippen molar-refractivity contribution in [2.45, 2.75) is 37.6 Å². The minimum Gasteiger partial charge on any atom is -0.493 e. The number of ether oxygens (including phenoxy) is 2. The fraction of sp³-hybridized carbons (Fsp3) is 0.321. The first-order valence-electron chi connectivity index (χ1n) is 11.9. The summed E-state index contributed by atoms with van der Waals surface area (Å²) in [5.74, 6) is 1.36. The van der Waals surface area contributed by atoms with Gasteiger partial charge in [-0.2, -0.15) is 5.10 Å². The van der Waals surface area contributed by atoms with Gasteiger partial charge in [-0.3, -0.25) is 4.90 Å². The molecule has 3 aliphatic rings. The predicted molar refractivity (Wildman–Crippen MR) is 129 cm³/mol. The first-order chi connectivity index (χ1) is 16.6. The highest BCUT2D eigenvalue weighted by atomic mass is 19.1. The van der Waals surface area contributed by atoms with Crippen LogP contribution in [0.3, 0.4) is 0 Å². The van der Waals surface area contributed by atoms with Gasteiger partial charge in [-0.1, -0.05) is 54.6 Å². The standard InChI is InChI=1S/C28H28FN3O2/c1-33-26-9-5-8-23-25-18-24(21-10-12-22(29)13-11-21)30-32(25)28(34-27(23)26)14-16-31(17-15-28)19-20-6-3-2-4-7-20/h2-13,25H,14-19H2,1H3. The Balaban J connectivity index is 1.33. The molecule has 1 spiro atoms. The maximum absolute atomic E-state index is 13.5. The van der Waals surface area contributed by atoms with E-state index in [-0.39, 0.29) is 11.9 Å². The van der Waals surface area contributed by atoms with E-state index >= 15 is 0 Å². The lowest BCUT2D eigenvalue weighted by molar-refractivity contribution is -0.151. The number of nitrogens with zero attached hydrogens (tertiary/aromatic N) is 3. The summed E-state index contributed by atoms with van der Waals surface area (Å²) >= 11 is 0. The number of rotatable bonds is 4. The van der Waals surface area contributed by atoms with E-state index in [2.05, 4.69) is 46.3 Å². The molecule has 3 heterocycles. The Bertz CT molecular complexity index is 1200. The van der Waals surface area contributed by atoms with E-state index in [1.165, 1.54) is 17.7 Å². The number of benzene rings is 3. The van der Waals surface area contributed by atoms with Crippen LogP contribution in [0.15, 0.2) is 77.9 Å². The van der Waals surface area contributed by atoms with E-state index in [1.807, 2.05) is 24.3 Å². The molecule has 3 aromatic carbocycles. The smallest absolute Gasteiger partial charge is 0.200 e. The van der Waals surface area contributed by atoms with Crippen molar-refractivity contribution >= 4 is 5.71 Å². The zero-order chi connectivity index (χ0) is 23.1. The Morgan fingerprint density at radius 1 is 1.00 bits per heavy atom. The molecule has 34 heavy (non-hydrogen) atoms. The Kier molecular flexibility index (Phi) is 5.26. The number of para-hydroxylation sites is 1. The van der Waals surface area contributed by atoms with E-state index < -0.39 is 5.72 Å². The highest BCUT2D eigenvalue weighted by Gasteiger charge is 2.52. The molecule has 1 unspecified atom stereocenters. The minimum absolute atomic E-state index is 0.0691. The van der Waals surface area contributed by atoms with Crippen LogP contribution in [0.1, 0.15) is 42.0 Å². The Hall–Kier alpha value is -3.38. The Morgan fingerprint density at radius 2 is 1.76 bits per heavy atom. The first kappa shape index (κ1) is 21.2. The summed E-state index contributed by atoms with van der Waals surface area (Å²) in [6.45, 7) is 2.78. The number of hydrogen-bond acceptors (Lipinski definition) is 5. The molecular weight excluding hydrogens is 429 g/mol. The van der Waals surface area contributed by atoms with E-state index in [4.69, 9.17) is 14.6 Å². The van der Waals surface area contributed by atoms with Crippen molar-refractivity contribution in [2.24, 2.45) is 5.10 Å². The number of piperidine rings is 1. The Morgan fingerprint density at radius 3 is 2.50 bits per heavy atom. The molecule has 6 rings (SSSR count). The SMILES string of the molecule is COc1cccc2c1OC1(CCN(Cc3ccccc3)CC1)N1N=C(c3ccc(F)cc3)CC21. The molecule has 1 saturated heterocycles. The van der Waals surface area contributed by atoms with Crippen LogP contribution < -0.4 is 9.47 Å². The third-order valence-corrected chi connectivity index (χ3v) is 7.27. The lowest BCUT2D eigenvalue weighted by Crippen LogP contribution is -2.59. The van der Waals surface area contributed by atoms with Gasteiger partial charge < -0.3 is 9.47 Å².